The fourth-order valence-corrected chi connectivity index (χ4v) is 6.09. The van der Waals surface area contributed by atoms with Gasteiger partial charge in [-0.1, -0.05) is 45.4 Å². The van der Waals surface area contributed by atoms with Gasteiger partial charge in [0.15, 0.2) is 0 Å². The summed E-state index contributed by atoms with van der Waals surface area (Å²) in [6.07, 6.45) is 11.5. The van der Waals surface area contributed by atoms with Gasteiger partial charge in [0.2, 0.25) is 0 Å². The third-order valence-corrected chi connectivity index (χ3v) is 7.14. The first-order chi connectivity index (χ1) is 9.70. The highest BCUT2D eigenvalue weighted by molar-refractivity contribution is 5.25. The van der Waals surface area contributed by atoms with Crippen molar-refractivity contribution in [2.45, 2.75) is 72.3 Å². The lowest BCUT2D eigenvalue weighted by Crippen LogP contribution is -2.53. The van der Waals surface area contributed by atoms with Gasteiger partial charge >= 0.3 is 0 Å². The molecule has 1 heteroatoms. The highest BCUT2D eigenvalue weighted by atomic mass is 16.3. The van der Waals surface area contributed by atoms with Crippen LogP contribution in [0.2, 0.25) is 0 Å². The number of hydrogen-bond donors (Lipinski definition) is 1. The molecule has 0 bridgehead atoms. The van der Waals surface area contributed by atoms with E-state index in [1.807, 2.05) is 0 Å². The highest BCUT2D eigenvalue weighted by Gasteiger charge is 2.55. The number of hydrogen-bond acceptors (Lipinski definition) is 1. The molecule has 5 atom stereocenters. The smallest absolute Gasteiger partial charge is 0.0551 e. The van der Waals surface area contributed by atoms with Crippen LogP contribution in [-0.4, -0.2) is 11.2 Å². The third-order valence-electron chi connectivity index (χ3n) is 7.14. The van der Waals surface area contributed by atoms with Gasteiger partial charge in [-0.3, -0.25) is 0 Å². The van der Waals surface area contributed by atoms with Gasteiger partial charge in [-0.15, -0.1) is 6.58 Å². The number of rotatable bonds is 1. The lowest BCUT2D eigenvalue weighted by Gasteiger charge is -2.60. The van der Waals surface area contributed by atoms with Gasteiger partial charge < -0.3 is 5.11 Å². The van der Waals surface area contributed by atoms with Crippen LogP contribution in [0.4, 0.5) is 0 Å². The summed E-state index contributed by atoms with van der Waals surface area (Å²) in [5, 5.41) is 10.5. The second-order valence-corrected chi connectivity index (χ2v) is 9.25. The van der Waals surface area contributed by atoms with Gasteiger partial charge in [0.1, 0.15) is 0 Å². The average Bonchev–Trinajstić information content (AvgIpc) is 2.36. The van der Waals surface area contributed by atoms with Gasteiger partial charge in [0.05, 0.1) is 6.10 Å². The Labute approximate surface area is 130 Å². The van der Waals surface area contributed by atoms with Crippen molar-refractivity contribution in [1.29, 1.82) is 0 Å². The summed E-state index contributed by atoms with van der Waals surface area (Å²) in [6, 6.07) is 0. The SMILES string of the molecule is C=C[C@@]1(C)CC[C@H]2C(=CC[C@H]3C(C)(C)C[C@H](O)C[C@]23C)C1. The molecule has 3 aliphatic carbocycles. The van der Waals surface area contributed by atoms with E-state index in [1.165, 1.54) is 25.7 Å². The van der Waals surface area contributed by atoms with E-state index in [9.17, 15) is 5.11 Å². The van der Waals surface area contributed by atoms with Gasteiger partial charge in [-0.05, 0) is 66.6 Å². The minimum Gasteiger partial charge on any atom is -0.393 e. The normalized spacial score (nSPS) is 48.8. The maximum atomic E-state index is 10.5. The molecule has 3 rings (SSSR count). The molecule has 21 heavy (non-hydrogen) atoms. The Morgan fingerprint density at radius 1 is 1.24 bits per heavy atom. The Kier molecular flexibility index (Phi) is 3.44. The summed E-state index contributed by atoms with van der Waals surface area (Å²) >= 11 is 0. The molecule has 1 N–H and O–H groups in total. The van der Waals surface area contributed by atoms with Crippen LogP contribution in [-0.2, 0) is 0 Å². The molecule has 0 aromatic heterocycles. The zero-order valence-electron chi connectivity index (χ0n) is 14.3. The third kappa shape index (κ3) is 2.32. The molecular weight excluding hydrogens is 256 g/mol. The standard InChI is InChI=1S/C20H32O/c1-6-19(4)10-9-16-14(11-19)7-8-17-18(2,3)12-15(21)13-20(16,17)5/h6-7,15-17,21H,1,8-13H2,2-5H3/t15-,16-,17-,19-,20+/m0/s1. The second kappa shape index (κ2) is 4.72. The van der Waals surface area contributed by atoms with E-state index >= 15 is 0 Å². The monoisotopic (exact) mass is 288 g/mol. The molecule has 0 spiro atoms. The maximum absolute atomic E-state index is 10.5. The summed E-state index contributed by atoms with van der Waals surface area (Å²) in [7, 11) is 0. The Bertz CT molecular complexity index is 474. The van der Waals surface area contributed by atoms with E-state index in [0.29, 0.717) is 5.92 Å². The lowest BCUT2D eigenvalue weighted by molar-refractivity contribution is -0.101. The fourth-order valence-electron chi connectivity index (χ4n) is 6.09. The molecule has 0 radical (unpaired) electrons. The van der Waals surface area contributed by atoms with Crippen molar-refractivity contribution in [3.63, 3.8) is 0 Å². The molecule has 0 saturated heterocycles. The number of fused-ring (bicyclic) bond motifs is 3. The molecule has 1 nitrogen and oxygen atoms in total. The van der Waals surface area contributed by atoms with Crippen LogP contribution in [0.15, 0.2) is 24.3 Å². The zero-order chi connectivity index (χ0) is 15.5. The van der Waals surface area contributed by atoms with Gasteiger partial charge in [0, 0.05) is 0 Å². The molecule has 2 saturated carbocycles. The minimum atomic E-state index is -0.117. The Hall–Kier alpha value is -0.560. The largest absolute Gasteiger partial charge is 0.393 e. The number of allylic oxidation sites excluding steroid dienone is 3. The van der Waals surface area contributed by atoms with Gasteiger partial charge in [-0.2, -0.15) is 0 Å². The van der Waals surface area contributed by atoms with E-state index in [0.717, 1.165) is 18.8 Å². The van der Waals surface area contributed by atoms with Crippen molar-refractivity contribution >= 4 is 0 Å². The Balaban J connectivity index is 1.96. The first kappa shape index (κ1) is 15.3. The van der Waals surface area contributed by atoms with Crippen molar-refractivity contribution in [2.24, 2.45) is 28.1 Å². The highest BCUT2D eigenvalue weighted by Crippen LogP contribution is 2.63. The predicted octanol–water partition coefficient (Wildman–Crippen LogP) is 5.11. The molecular formula is C20H32O. The number of aliphatic hydroxyl groups excluding tert-OH is 1. The van der Waals surface area contributed by atoms with Crippen molar-refractivity contribution in [3.05, 3.63) is 24.3 Å². The van der Waals surface area contributed by atoms with Gasteiger partial charge in [-0.25, -0.2) is 0 Å². The van der Waals surface area contributed by atoms with Crippen LogP contribution in [0.5, 0.6) is 0 Å². The van der Waals surface area contributed by atoms with Crippen molar-refractivity contribution in [3.8, 4) is 0 Å². The predicted molar refractivity (Wildman–Crippen MR) is 89.0 cm³/mol. The molecule has 2 fully saturated rings. The lowest BCUT2D eigenvalue weighted by atomic mass is 9.45. The van der Waals surface area contributed by atoms with Crippen molar-refractivity contribution in [2.75, 3.05) is 0 Å². The Morgan fingerprint density at radius 3 is 2.62 bits per heavy atom. The van der Waals surface area contributed by atoms with E-state index < -0.39 is 0 Å². The van der Waals surface area contributed by atoms with Gasteiger partial charge in [0.25, 0.3) is 0 Å². The quantitative estimate of drug-likeness (QED) is 0.665. The molecule has 0 aromatic carbocycles. The van der Waals surface area contributed by atoms with Crippen LogP contribution in [0.1, 0.15) is 66.2 Å². The van der Waals surface area contributed by atoms with Crippen molar-refractivity contribution in [1.82, 2.24) is 0 Å². The average molecular weight is 288 g/mol. The second-order valence-electron chi connectivity index (χ2n) is 9.25. The van der Waals surface area contributed by atoms with Crippen LogP contribution >= 0.6 is 0 Å². The molecule has 118 valence electrons. The zero-order valence-corrected chi connectivity index (χ0v) is 14.3. The summed E-state index contributed by atoms with van der Waals surface area (Å²) in [6.45, 7) is 13.6. The summed E-state index contributed by atoms with van der Waals surface area (Å²) in [5.74, 6) is 1.40. The van der Waals surface area contributed by atoms with E-state index in [-0.39, 0.29) is 22.3 Å². The van der Waals surface area contributed by atoms with E-state index in [1.54, 1.807) is 5.57 Å². The minimum absolute atomic E-state index is 0.117. The summed E-state index contributed by atoms with van der Waals surface area (Å²) < 4.78 is 0. The fraction of sp³-hybridized carbons (Fsp3) is 0.800. The van der Waals surface area contributed by atoms with Crippen LogP contribution in [0.3, 0.4) is 0 Å². The maximum Gasteiger partial charge on any atom is 0.0551 e. The summed E-state index contributed by atoms with van der Waals surface area (Å²) in [4.78, 5) is 0. The molecule has 0 heterocycles. The molecule has 0 aliphatic heterocycles. The van der Waals surface area contributed by atoms with Crippen LogP contribution < -0.4 is 0 Å². The molecule has 0 aromatic rings. The Morgan fingerprint density at radius 2 is 1.95 bits per heavy atom. The molecule has 3 aliphatic rings. The van der Waals surface area contributed by atoms with Crippen LogP contribution in [0, 0.1) is 28.1 Å². The van der Waals surface area contributed by atoms with Crippen LogP contribution in [0.25, 0.3) is 0 Å². The summed E-state index contributed by atoms with van der Waals surface area (Å²) in [5.41, 5.74) is 2.49. The van der Waals surface area contributed by atoms with E-state index in [2.05, 4.69) is 46.4 Å². The molecule has 0 amide bonds. The first-order valence-corrected chi connectivity index (χ1v) is 8.71. The number of aliphatic hydroxyl groups is 1. The van der Waals surface area contributed by atoms with Crippen molar-refractivity contribution < 1.29 is 5.11 Å². The van der Waals surface area contributed by atoms with E-state index in [4.69, 9.17) is 0 Å². The topological polar surface area (TPSA) is 20.2 Å². The molecule has 0 unspecified atom stereocenters. The first-order valence-electron chi connectivity index (χ1n) is 8.71.